The first kappa shape index (κ1) is 14.5. The Morgan fingerprint density at radius 2 is 2.05 bits per heavy atom. The molecule has 0 aliphatic heterocycles. The molecule has 1 heterocycles. The van der Waals surface area contributed by atoms with Crippen molar-refractivity contribution in [2.75, 3.05) is 18.9 Å². The van der Waals surface area contributed by atoms with Gasteiger partial charge in [0.25, 0.3) is 0 Å². The van der Waals surface area contributed by atoms with Gasteiger partial charge in [-0.1, -0.05) is 44.2 Å². The van der Waals surface area contributed by atoms with Gasteiger partial charge in [0.15, 0.2) is 5.82 Å². The quantitative estimate of drug-likeness (QED) is 0.939. The maximum atomic E-state index is 11.9. The van der Waals surface area contributed by atoms with E-state index in [1.165, 1.54) is 11.5 Å². The first-order valence-corrected chi connectivity index (χ1v) is 7.25. The Balaban J connectivity index is 2.01. The van der Waals surface area contributed by atoms with Crippen LogP contribution in [0.25, 0.3) is 11.4 Å². The number of carbonyl (C=O) groups is 1. The number of aromatic nitrogens is 2. The fourth-order valence-corrected chi connectivity index (χ4v) is 2.38. The van der Waals surface area contributed by atoms with Crippen LogP contribution in [-0.2, 0) is 0 Å². The molecule has 0 saturated heterocycles. The second-order valence-corrected chi connectivity index (χ2v) is 5.75. The third-order valence-electron chi connectivity index (χ3n) is 2.66. The maximum absolute atomic E-state index is 11.9. The Hall–Kier alpha value is -1.95. The molecule has 0 fully saturated rings. The average Bonchev–Trinajstić information content (AvgIpc) is 2.87. The molecular weight excluding hydrogens is 272 g/mol. The fourth-order valence-electron chi connectivity index (χ4n) is 1.80. The predicted molar refractivity (Wildman–Crippen MR) is 81.8 cm³/mol. The molecule has 1 aromatic heterocycles. The van der Waals surface area contributed by atoms with Gasteiger partial charge in [-0.25, -0.2) is 4.79 Å². The SMILES string of the molecule is CC(C)CN(C)C(=O)Nc1nc(-c2ccccc2)ns1. The number of hydrogen-bond donors (Lipinski definition) is 1. The van der Waals surface area contributed by atoms with Crippen LogP contribution in [0.1, 0.15) is 13.8 Å². The fraction of sp³-hybridized carbons (Fsp3) is 0.357. The minimum Gasteiger partial charge on any atom is -0.327 e. The van der Waals surface area contributed by atoms with Gasteiger partial charge in [0.1, 0.15) is 0 Å². The summed E-state index contributed by atoms with van der Waals surface area (Å²) in [6.45, 7) is 4.85. The highest BCUT2D eigenvalue weighted by molar-refractivity contribution is 7.10. The molecule has 106 valence electrons. The largest absolute Gasteiger partial charge is 0.327 e. The summed E-state index contributed by atoms with van der Waals surface area (Å²) in [6, 6.07) is 9.54. The van der Waals surface area contributed by atoms with E-state index in [9.17, 15) is 4.79 Å². The van der Waals surface area contributed by atoms with Gasteiger partial charge in [0.2, 0.25) is 5.13 Å². The summed E-state index contributed by atoms with van der Waals surface area (Å²) in [5.74, 6) is 1.07. The van der Waals surface area contributed by atoms with E-state index < -0.39 is 0 Å². The lowest BCUT2D eigenvalue weighted by Crippen LogP contribution is -2.34. The topological polar surface area (TPSA) is 58.1 Å². The molecule has 20 heavy (non-hydrogen) atoms. The second-order valence-electron chi connectivity index (χ2n) is 4.99. The molecule has 0 spiro atoms. The average molecular weight is 290 g/mol. The van der Waals surface area contributed by atoms with E-state index in [1.807, 2.05) is 30.3 Å². The number of urea groups is 1. The van der Waals surface area contributed by atoms with E-state index in [-0.39, 0.29) is 6.03 Å². The number of hydrogen-bond acceptors (Lipinski definition) is 4. The highest BCUT2D eigenvalue weighted by atomic mass is 32.1. The van der Waals surface area contributed by atoms with Crippen LogP contribution < -0.4 is 5.32 Å². The third-order valence-corrected chi connectivity index (χ3v) is 3.29. The van der Waals surface area contributed by atoms with Crippen LogP contribution in [0, 0.1) is 5.92 Å². The lowest BCUT2D eigenvalue weighted by molar-refractivity contribution is 0.217. The van der Waals surface area contributed by atoms with Crippen LogP contribution in [0.15, 0.2) is 30.3 Å². The van der Waals surface area contributed by atoms with E-state index >= 15 is 0 Å². The molecule has 2 aromatic rings. The van der Waals surface area contributed by atoms with Gasteiger partial charge in [-0.3, -0.25) is 5.32 Å². The van der Waals surface area contributed by atoms with Crippen LogP contribution in [0.5, 0.6) is 0 Å². The molecule has 6 heteroatoms. The molecule has 0 atom stereocenters. The van der Waals surface area contributed by atoms with Crippen molar-refractivity contribution in [3.8, 4) is 11.4 Å². The van der Waals surface area contributed by atoms with Gasteiger partial charge in [0, 0.05) is 30.7 Å². The highest BCUT2D eigenvalue weighted by Crippen LogP contribution is 2.20. The Morgan fingerprint density at radius 3 is 2.70 bits per heavy atom. The number of nitrogens with zero attached hydrogens (tertiary/aromatic N) is 3. The van der Waals surface area contributed by atoms with Crippen molar-refractivity contribution in [2.45, 2.75) is 13.8 Å². The van der Waals surface area contributed by atoms with Crippen LogP contribution in [0.3, 0.4) is 0 Å². The minimum atomic E-state index is -0.158. The highest BCUT2D eigenvalue weighted by Gasteiger charge is 2.13. The molecule has 2 amide bonds. The number of rotatable bonds is 4. The van der Waals surface area contributed by atoms with Crippen molar-refractivity contribution >= 4 is 22.7 Å². The number of amides is 2. The van der Waals surface area contributed by atoms with Crippen LogP contribution in [0.4, 0.5) is 9.93 Å². The molecule has 0 saturated carbocycles. The van der Waals surface area contributed by atoms with Gasteiger partial charge < -0.3 is 4.90 Å². The van der Waals surface area contributed by atoms with Gasteiger partial charge in [-0.2, -0.15) is 9.36 Å². The first-order chi connectivity index (χ1) is 9.56. The number of carbonyl (C=O) groups excluding carboxylic acids is 1. The first-order valence-electron chi connectivity index (χ1n) is 6.47. The summed E-state index contributed by atoms with van der Waals surface area (Å²) in [5.41, 5.74) is 0.944. The Morgan fingerprint density at radius 1 is 1.35 bits per heavy atom. The number of anilines is 1. The lowest BCUT2D eigenvalue weighted by atomic mass is 10.2. The molecule has 0 bridgehead atoms. The molecule has 5 nitrogen and oxygen atoms in total. The van der Waals surface area contributed by atoms with Gasteiger partial charge in [-0.15, -0.1) is 0 Å². The zero-order chi connectivity index (χ0) is 14.5. The zero-order valence-corrected chi connectivity index (χ0v) is 12.6. The van der Waals surface area contributed by atoms with Crippen molar-refractivity contribution in [1.29, 1.82) is 0 Å². The zero-order valence-electron chi connectivity index (χ0n) is 11.8. The number of benzene rings is 1. The summed E-state index contributed by atoms with van der Waals surface area (Å²) in [7, 11) is 1.77. The van der Waals surface area contributed by atoms with Crippen molar-refractivity contribution in [1.82, 2.24) is 14.3 Å². The predicted octanol–water partition coefficient (Wildman–Crippen LogP) is 3.32. The van der Waals surface area contributed by atoms with Gasteiger partial charge in [0.05, 0.1) is 0 Å². The smallest absolute Gasteiger partial charge is 0.323 e. The molecule has 0 aliphatic carbocycles. The standard InChI is InChI=1S/C14H18N4OS/c1-10(2)9-18(3)14(19)16-13-15-12(17-20-13)11-7-5-4-6-8-11/h4-8,10H,9H2,1-3H3,(H,15,16,17,19). The Kier molecular flexibility index (Phi) is 4.68. The molecule has 0 aliphatic rings. The van der Waals surface area contributed by atoms with E-state index in [2.05, 4.69) is 28.5 Å². The van der Waals surface area contributed by atoms with E-state index in [1.54, 1.807) is 11.9 Å². The molecule has 1 N–H and O–H groups in total. The van der Waals surface area contributed by atoms with Crippen LogP contribution in [0.2, 0.25) is 0 Å². The molecular formula is C14H18N4OS. The second kappa shape index (κ2) is 6.47. The molecule has 0 radical (unpaired) electrons. The van der Waals surface area contributed by atoms with Crippen LogP contribution in [-0.4, -0.2) is 33.9 Å². The lowest BCUT2D eigenvalue weighted by Gasteiger charge is -2.18. The minimum absolute atomic E-state index is 0.158. The van der Waals surface area contributed by atoms with E-state index in [0.717, 1.165) is 5.56 Å². The normalized spacial score (nSPS) is 10.6. The summed E-state index contributed by atoms with van der Waals surface area (Å²) in [5, 5.41) is 3.29. The third kappa shape index (κ3) is 3.77. The molecule has 1 aromatic carbocycles. The van der Waals surface area contributed by atoms with Gasteiger partial charge in [-0.05, 0) is 5.92 Å². The molecule has 0 unspecified atom stereocenters. The summed E-state index contributed by atoms with van der Waals surface area (Å²) < 4.78 is 4.26. The summed E-state index contributed by atoms with van der Waals surface area (Å²) >= 11 is 1.19. The number of nitrogens with one attached hydrogen (secondary N) is 1. The van der Waals surface area contributed by atoms with Gasteiger partial charge >= 0.3 is 6.03 Å². The summed E-state index contributed by atoms with van der Waals surface area (Å²) in [6.07, 6.45) is 0. The van der Waals surface area contributed by atoms with E-state index in [0.29, 0.717) is 23.4 Å². The van der Waals surface area contributed by atoms with Crippen molar-refractivity contribution in [3.63, 3.8) is 0 Å². The monoisotopic (exact) mass is 290 g/mol. The summed E-state index contributed by atoms with van der Waals surface area (Å²) in [4.78, 5) is 17.9. The van der Waals surface area contributed by atoms with Crippen molar-refractivity contribution in [2.24, 2.45) is 5.92 Å². The molecule has 2 rings (SSSR count). The Labute approximate surface area is 122 Å². The maximum Gasteiger partial charge on any atom is 0.323 e. The van der Waals surface area contributed by atoms with Crippen molar-refractivity contribution < 1.29 is 4.79 Å². The Bertz CT molecular complexity index is 568. The van der Waals surface area contributed by atoms with Crippen LogP contribution >= 0.6 is 11.5 Å². The van der Waals surface area contributed by atoms with E-state index in [4.69, 9.17) is 0 Å². The van der Waals surface area contributed by atoms with Crippen molar-refractivity contribution in [3.05, 3.63) is 30.3 Å².